The zero-order chi connectivity index (χ0) is 13.9. The summed E-state index contributed by atoms with van der Waals surface area (Å²) in [5.74, 6) is 3.87. The fourth-order valence-corrected chi connectivity index (χ4v) is 1.90. The first-order chi connectivity index (χ1) is 9.24. The van der Waals surface area contributed by atoms with Crippen molar-refractivity contribution >= 4 is 11.8 Å². The molecule has 0 fully saturated rings. The number of rotatable bonds is 9. The van der Waals surface area contributed by atoms with E-state index in [9.17, 15) is 9.50 Å². The average Bonchev–Trinajstić information content (AvgIpc) is 2.42. The summed E-state index contributed by atoms with van der Waals surface area (Å²) >= 11 is 1.66. The van der Waals surface area contributed by atoms with E-state index in [1.165, 1.54) is 12.1 Å². The number of terminal acetylenes is 1. The van der Waals surface area contributed by atoms with Crippen LogP contribution >= 0.6 is 11.8 Å². The lowest BCUT2D eigenvalue weighted by atomic mass is 10.3. The zero-order valence-corrected chi connectivity index (χ0v) is 11.5. The number of thioether (sulfide) groups is 1. The van der Waals surface area contributed by atoms with E-state index in [1.807, 2.05) is 0 Å². The molecule has 1 rings (SSSR count). The first-order valence-electron chi connectivity index (χ1n) is 6.01. The predicted octanol–water partition coefficient (Wildman–Crippen LogP) is 1.52. The highest BCUT2D eigenvalue weighted by molar-refractivity contribution is 7.99. The van der Waals surface area contributed by atoms with Gasteiger partial charge in [0.25, 0.3) is 0 Å². The molecule has 0 saturated heterocycles. The van der Waals surface area contributed by atoms with Gasteiger partial charge >= 0.3 is 0 Å². The van der Waals surface area contributed by atoms with Gasteiger partial charge in [0.2, 0.25) is 0 Å². The van der Waals surface area contributed by atoms with Crippen molar-refractivity contribution in [2.75, 3.05) is 31.2 Å². The van der Waals surface area contributed by atoms with E-state index in [0.717, 1.165) is 12.3 Å². The minimum Gasteiger partial charge on any atom is -0.488 e. The lowest BCUT2D eigenvalue weighted by Crippen LogP contribution is -2.32. The minimum absolute atomic E-state index is 0.0609. The molecule has 0 saturated carbocycles. The summed E-state index contributed by atoms with van der Waals surface area (Å²) in [7, 11) is 0. The molecule has 0 heterocycles. The van der Waals surface area contributed by atoms with Crippen molar-refractivity contribution in [1.29, 1.82) is 0 Å². The normalized spacial score (nSPS) is 11.8. The second-order valence-electron chi connectivity index (χ2n) is 3.86. The lowest BCUT2D eigenvalue weighted by Gasteiger charge is -2.13. The van der Waals surface area contributed by atoms with Crippen LogP contribution in [0.3, 0.4) is 0 Å². The van der Waals surface area contributed by atoms with Gasteiger partial charge in [-0.25, -0.2) is 4.39 Å². The number of ether oxygens (including phenoxy) is 1. The third-order valence-electron chi connectivity index (χ3n) is 2.26. The van der Waals surface area contributed by atoms with Crippen LogP contribution in [0.15, 0.2) is 24.3 Å². The van der Waals surface area contributed by atoms with Crippen LogP contribution in [-0.2, 0) is 0 Å². The van der Waals surface area contributed by atoms with Crippen LogP contribution in [0.5, 0.6) is 5.75 Å². The van der Waals surface area contributed by atoms with E-state index >= 15 is 0 Å². The SMILES string of the molecule is C#CCSCCNCC(O)COc1ccccc1F. The summed E-state index contributed by atoms with van der Waals surface area (Å²) in [6.07, 6.45) is 4.45. The maximum atomic E-state index is 13.2. The standard InChI is InChI=1S/C14H18FNO2S/c1-2-8-19-9-7-16-10-12(17)11-18-14-6-4-3-5-13(14)15/h1,3-6,12,16-17H,7-11H2. The fourth-order valence-electron chi connectivity index (χ4n) is 1.35. The highest BCUT2D eigenvalue weighted by Crippen LogP contribution is 2.15. The van der Waals surface area contributed by atoms with Crippen LogP contribution in [0.2, 0.25) is 0 Å². The van der Waals surface area contributed by atoms with Crippen molar-refractivity contribution in [1.82, 2.24) is 5.32 Å². The molecule has 1 atom stereocenters. The Hall–Kier alpha value is -1.22. The van der Waals surface area contributed by atoms with Crippen molar-refractivity contribution in [3.05, 3.63) is 30.1 Å². The third kappa shape index (κ3) is 7.06. The predicted molar refractivity (Wildman–Crippen MR) is 76.9 cm³/mol. The quantitative estimate of drug-likeness (QED) is 0.533. The summed E-state index contributed by atoms with van der Waals surface area (Å²) in [5, 5.41) is 12.7. The van der Waals surface area contributed by atoms with E-state index in [4.69, 9.17) is 11.2 Å². The van der Waals surface area contributed by atoms with E-state index in [-0.39, 0.29) is 12.4 Å². The van der Waals surface area contributed by atoms with E-state index < -0.39 is 11.9 Å². The Morgan fingerprint density at radius 2 is 2.26 bits per heavy atom. The molecule has 0 radical (unpaired) electrons. The summed E-state index contributed by atoms with van der Waals surface area (Å²) in [6.45, 7) is 1.24. The van der Waals surface area contributed by atoms with Gasteiger partial charge in [0.05, 0.1) is 5.75 Å². The highest BCUT2D eigenvalue weighted by Gasteiger charge is 2.07. The van der Waals surface area contributed by atoms with Gasteiger partial charge < -0.3 is 15.2 Å². The van der Waals surface area contributed by atoms with Gasteiger partial charge in [-0.3, -0.25) is 0 Å². The van der Waals surface area contributed by atoms with Crippen LogP contribution in [0, 0.1) is 18.2 Å². The van der Waals surface area contributed by atoms with Gasteiger partial charge in [-0.05, 0) is 12.1 Å². The molecular formula is C14H18FNO2S. The van der Waals surface area contributed by atoms with Crippen LogP contribution in [-0.4, -0.2) is 42.4 Å². The minimum atomic E-state index is -0.669. The number of benzene rings is 1. The average molecular weight is 283 g/mol. The number of halogens is 1. The van der Waals surface area contributed by atoms with Crippen LogP contribution in [0.4, 0.5) is 4.39 Å². The van der Waals surface area contributed by atoms with Crippen LogP contribution in [0.1, 0.15) is 0 Å². The zero-order valence-electron chi connectivity index (χ0n) is 10.6. The van der Waals surface area contributed by atoms with Crippen LogP contribution < -0.4 is 10.1 Å². The largest absolute Gasteiger partial charge is 0.488 e. The van der Waals surface area contributed by atoms with Crippen LogP contribution in [0.25, 0.3) is 0 Å². The molecule has 19 heavy (non-hydrogen) atoms. The molecule has 3 nitrogen and oxygen atoms in total. The number of hydrogen-bond acceptors (Lipinski definition) is 4. The monoisotopic (exact) mass is 283 g/mol. The Bertz CT molecular complexity index is 409. The number of hydrogen-bond donors (Lipinski definition) is 2. The molecule has 0 aliphatic carbocycles. The van der Waals surface area contributed by atoms with Gasteiger partial charge in [0.1, 0.15) is 12.7 Å². The topological polar surface area (TPSA) is 41.5 Å². The molecule has 1 aromatic carbocycles. The molecular weight excluding hydrogens is 265 g/mol. The molecule has 0 aliphatic heterocycles. The summed E-state index contributed by atoms with van der Waals surface area (Å²) in [4.78, 5) is 0. The summed E-state index contributed by atoms with van der Waals surface area (Å²) in [6, 6.07) is 6.13. The Kier molecular flexibility index (Phi) is 8.07. The van der Waals surface area contributed by atoms with Crippen molar-refractivity contribution in [3.63, 3.8) is 0 Å². The summed E-state index contributed by atoms with van der Waals surface area (Å²) < 4.78 is 18.4. The smallest absolute Gasteiger partial charge is 0.165 e. The molecule has 0 aliphatic rings. The van der Waals surface area contributed by atoms with E-state index in [2.05, 4.69) is 11.2 Å². The Balaban J connectivity index is 2.10. The Morgan fingerprint density at radius 3 is 3.00 bits per heavy atom. The lowest BCUT2D eigenvalue weighted by molar-refractivity contribution is 0.105. The van der Waals surface area contributed by atoms with E-state index in [1.54, 1.807) is 23.9 Å². The van der Waals surface area contributed by atoms with Crippen molar-refractivity contribution in [2.45, 2.75) is 6.10 Å². The maximum Gasteiger partial charge on any atom is 0.165 e. The first-order valence-corrected chi connectivity index (χ1v) is 7.17. The Labute approximate surface area is 117 Å². The molecule has 1 unspecified atom stereocenters. The molecule has 0 bridgehead atoms. The molecule has 2 N–H and O–H groups in total. The first kappa shape index (κ1) is 15.8. The van der Waals surface area contributed by atoms with Gasteiger partial charge in [0.15, 0.2) is 11.6 Å². The molecule has 0 amide bonds. The number of aliphatic hydroxyl groups is 1. The van der Waals surface area contributed by atoms with Gasteiger partial charge in [-0.15, -0.1) is 18.2 Å². The number of aliphatic hydroxyl groups excluding tert-OH is 1. The highest BCUT2D eigenvalue weighted by atomic mass is 32.2. The summed E-state index contributed by atoms with van der Waals surface area (Å²) in [5.41, 5.74) is 0. The number of nitrogens with one attached hydrogen (secondary N) is 1. The molecule has 0 spiro atoms. The van der Waals surface area contributed by atoms with Gasteiger partial charge in [-0.2, -0.15) is 0 Å². The second-order valence-corrected chi connectivity index (χ2v) is 4.96. The third-order valence-corrected chi connectivity index (χ3v) is 3.12. The van der Waals surface area contributed by atoms with E-state index in [0.29, 0.717) is 12.3 Å². The number of para-hydroxylation sites is 1. The Morgan fingerprint density at radius 1 is 1.47 bits per heavy atom. The van der Waals surface area contributed by atoms with Gasteiger partial charge in [0, 0.05) is 18.8 Å². The van der Waals surface area contributed by atoms with Crippen molar-refractivity contribution in [2.24, 2.45) is 0 Å². The second kappa shape index (κ2) is 9.68. The van der Waals surface area contributed by atoms with Gasteiger partial charge in [-0.1, -0.05) is 18.1 Å². The fraction of sp³-hybridized carbons (Fsp3) is 0.429. The molecule has 5 heteroatoms. The molecule has 104 valence electrons. The van der Waals surface area contributed by atoms with Crippen molar-refractivity contribution < 1.29 is 14.2 Å². The van der Waals surface area contributed by atoms with Crippen molar-refractivity contribution in [3.8, 4) is 18.1 Å². The maximum absolute atomic E-state index is 13.2. The molecule has 0 aromatic heterocycles. The molecule has 1 aromatic rings.